The van der Waals surface area contributed by atoms with Gasteiger partial charge in [-0.2, -0.15) is 0 Å². The highest BCUT2D eigenvalue weighted by atomic mass is 19.1. The first-order chi connectivity index (χ1) is 9.77. The molecule has 0 radical (unpaired) electrons. The lowest BCUT2D eigenvalue weighted by Crippen LogP contribution is -2.36. The number of halogens is 1. The summed E-state index contributed by atoms with van der Waals surface area (Å²) in [6.45, 7) is 4.73. The summed E-state index contributed by atoms with van der Waals surface area (Å²) in [7, 11) is 1.37. The molecule has 0 fully saturated rings. The van der Waals surface area contributed by atoms with Crippen LogP contribution in [0.1, 0.15) is 32.4 Å². The molecule has 5 nitrogen and oxygen atoms in total. The van der Waals surface area contributed by atoms with Crippen molar-refractivity contribution in [1.29, 1.82) is 0 Å². The molecule has 0 saturated heterocycles. The van der Waals surface area contributed by atoms with E-state index in [-0.39, 0.29) is 11.7 Å². The second kappa shape index (κ2) is 7.06. The van der Waals surface area contributed by atoms with Gasteiger partial charge in [0.25, 0.3) is 0 Å². The van der Waals surface area contributed by atoms with Crippen LogP contribution >= 0.6 is 0 Å². The molecule has 0 saturated carbocycles. The molecule has 116 valence electrons. The van der Waals surface area contributed by atoms with Gasteiger partial charge in [0.2, 0.25) is 5.91 Å². The van der Waals surface area contributed by atoms with Crippen molar-refractivity contribution in [3.63, 3.8) is 0 Å². The first-order valence-corrected chi connectivity index (χ1v) is 6.64. The molecule has 2 N–H and O–H groups in total. The Morgan fingerprint density at radius 3 is 2.33 bits per heavy atom. The Morgan fingerprint density at radius 2 is 1.86 bits per heavy atom. The summed E-state index contributed by atoms with van der Waals surface area (Å²) >= 11 is 0. The number of nitrogens with one attached hydrogen (secondary N) is 1. The summed E-state index contributed by atoms with van der Waals surface area (Å²) < 4.78 is 18.5. The maximum absolute atomic E-state index is 13.6. The average Bonchev–Trinajstić information content (AvgIpc) is 2.45. The van der Waals surface area contributed by atoms with Crippen LogP contribution in [-0.4, -0.2) is 24.1 Å². The van der Waals surface area contributed by atoms with Gasteiger partial charge in [-0.3, -0.25) is 9.59 Å². The van der Waals surface area contributed by atoms with Gasteiger partial charge in [0.15, 0.2) is 11.6 Å². The first kappa shape index (κ1) is 16.9. The van der Waals surface area contributed by atoms with Gasteiger partial charge in [-0.05, 0) is 24.6 Å². The zero-order valence-corrected chi connectivity index (χ0v) is 12.5. The second-order valence-corrected chi connectivity index (χ2v) is 5.04. The van der Waals surface area contributed by atoms with Crippen molar-refractivity contribution in [3.05, 3.63) is 29.6 Å². The molecule has 0 heterocycles. The number of rotatable bonds is 6. The number of ether oxygens (including phenoxy) is 1. The summed E-state index contributed by atoms with van der Waals surface area (Å²) in [5, 5.41) is 11.6. The predicted octanol–water partition coefficient (Wildman–Crippen LogP) is 2.37. The summed E-state index contributed by atoms with van der Waals surface area (Å²) in [4.78, 5) is 22.9. The van der Waals surface area contributed by atoms with Gasteiger partial charge in [0.05, 0.1) is 19.1 Å². The number of amides is 1. The number of carbonyl (C=O) groups excluding carboxylic acids is 1. The van der Waals surface area contributed by atoms with E-state index in [0.717, 1.165) is 0 Å². The van der Waals surface area contributed by atoms with Gasteiger partial charge in [0.1, 0.15) is 0 Å². The van der Waals surface area contributed by atoms with Gasteiger partial charge < -0.3 is 15.2 Å². The highest BCUT2D eigenvalue weighted by Crippen LogP contribution is 2.22. The third-order valence-corrected chi connectivity index (χ3v) is 3.59. The smallest absolute Gasteiger partial charge is 0.307 e. The van der Waals surface area contributed by atoms with Crippen molar-refractivity contribution in [2.24, 2.45) is 11.8 Å². The lowest BCUT2D eigenvalue weighted by atomic mass is 9.94. The molecular weight excluding hydrogens is 277 g/mol. The molecule has 0 aliphatic carbocycles. The van der Waals surface area contributed by atoms with E-state index < -0.39 is 29.7 Å². The molecule has 0 bridgehead atoms. The molecular formula is C15H20FNO4. The molecule has 1 aromatic rings. The highest BCUT2D eigenvalue weighted by Gasteiger charge is 2.26. The summed E-state index contributed by atoms with van der Waals surface area (Å²) in [6, 6.07) is 3.99. The van der Waals surface area contributed by atoms with E-state index in [1.165, 1.54) is 26.2 Å². The number of methoxy groups -OCH3 is 1. The number of carboxylic acid groups (broad SMARTS) is 1. The quantitative estimate of drug-likeness (QED) is 0.845. The van der Waals surface area contributed by atoms with E-state index >= 15 is 0 Å². The largest absolute Gasteiger partial charge is 0.494 e. The number of carbonyl (C=O) groups is 2. The van der Waals surface area contributed by atoms with Crippen LogP contribution in [0.15, 0.2) is 18.2 Å². The van der Waals surface area contributed by atoms with E-state index in [1.807, 2.05) is 0 Å². The minimum atomic E-state index is -1.03. The predicted molar refractivity (Wildman–Crippen MR) is 75.5 cm³/mol. The van der Waals surface area contributed by atoms with Crippen LogP contribution in [0.4, 0.5) is 4.39 Å². The Labute approximate surface area is 123 Å². The van der Waals surface area contributed by atoms with E-state index in [1.54, 1.807) is 19.9 Å². The fourth-order valence-corrected chi connectivity index (χ4v) is 1.82. The number of hydrogen-bond donors (Lipinski definition) is 2. The van der Waals surface area contributed by atoms with Crippen molar-refractivity contribution in [2.45, 2.75) is 26.8 Å². The van der Waals surface area contributed by atoms with E-state index in [4.69, 9.17) is 9.84 Å². The Kier molecular flexibility index (Phi) is 5.69. The number of carboxylic acids is 1. The number of benzene rings is 1. The van der Waals surface area contributed by atoms with Gasteiger partial charge in [0, 0.05) is 5.92 Å². The molecule has 3 atom stereocenters. The van der Waals surface area contributed by atoms with Crippen molar-refractivity contribution < 1.29 is 23.8 Å². The molecule has 6 heteroatoms. The molecule has 1 amide bonds. The van der Waals surface area contributed by atoms with Gasteiger partial charge in [-0.1, -0.05) is 19.9 Å². The molecule has 1 aromatic carbocycles. The molecule has 21 heavy (non-hydrogen) atoms. The van der Waals surface area contributed by atoms with Gasteiger partial charge >= 0.3 is 5.97 Å². The van der Waals surface area contributed by atoms with Crippen molar-refractivity contribution >= 4 is 11.9 Å². The Bertz CT molecular complexity index is 532. The van der Waals surface area contributed by atoms with Gasteiger partial charge in [-0.25, -0.2) is 4.39 Å². The monoisotopic (exact) mass is 297 g/mol. The Balaban J connectivity index is 2.76. The number of hydrogen-bond acceptors (Lipinski definition) is 3. The zero-order valence-electron chi connectivity index (χ0n) is 12.5. The molecule has 3 unspecified atom stereocenters. The van der Waals surface area contributed by atoms with Crippen LogP contribution in [0.3, 0.4) is 0 Å². The zero-order chi connectivity index (χ0) is 16.2. The molecule has 1 rings (SSSR count). The van der Waals surface area contributed by atoms with Crippen LogP contribution in [0.25, 0.3) is 0 Å². The maximum Gasteiger partial charge on any atom is 0.307 e. The second-order valence-electron chi connectivity index (χ2n) is 5.04. The van der Waals surface area contributed by atoms with Crippen LogP contribution in [0.5, 0.6) is 5.75 Å². The van der Waals surface area contributed by atoms with E-state index in [2.05, 4.69) is 5.32 Å². The normalized spacial score (nSPS) is 14.9. The van der Waals surface area contributed by atoms with Crippen LogP contribution < -0.4 is 10.1 Å². The van der Waals surface area contributed by atoms with Crippen molar-refractivity contribution in [3.8, 4) is 5.75 Å². The highest BCUT2D eigenvalue weighted by molar-refractivity contribution is 5.84. The van der Waals surface area contributed by atoms with Crippen molar-refractivity contribution in [1.82, 2.24) is 5.32 Å². The topological polar surface area (TPSA) is 75.6 Å². The number of aliphatic carboxylic acids is 1. The average molecular weight is 297 g/mol. The lowest BCUT2D eigenvalue weighted by Gasteiger charge is -2.20. The SMILES string of the molecule is COc1ccc(C(C)NC(=O)C(C)C(C)C(=O)O)cc1F. The minimum Gasteiger partial charge on any atom is -0.494 e. The molecule has 0 aromatic heterocycles. The lowest BCUT2D eigenvalue weighted by molar-refractivity contribution is -0.146. The molecule has 0 aliphatic heterocycles. The minimum absolute atomic E-state index is 0.130. The fourth-order valence-electron chi connectivity index (χ4n) is 1.82. The van der Waals surface area contributed by atoms with Crippen LogP contribution in [0, 0.1) is 17.7 Å². The first-order valence-electron chi connectivity index (χ1n) is 6.64. The standard InChI is InChI=1S/C15H20FNO4/c1-8(9(2)15(19)20)14(18)17-10(3)11-5-6-13(21-4)12(16)7-11/h5-10H,1-4H3,(H,17,18)(H,19,20). The summed E-state index contributed by atoms with van der Waals surface area (Å²) in [6.07, 6.45) is 0. The fraction of sp³-hybridized carbons (Fsp3) is 0.467. The third kappa shape index (κ3) is 4.18. The molecule has 0 spiro atoms. The van der Waals surface area contributed by atoms with E-state index in [0.29, 0.717) is 5.56 Å². The summed E-state index contributed by atoms with van der Waals surface area (Å²) in [5.74, 6) is -3.25. The van der Waals surface area contributed by atoms with Crippen LogP contribution in [-0.2, 0) is 9.59 Å². The maximum atomic E-state index is 13.6. The Hall–Kier alpha value is -2.11. The molecule has 0 aliphatic rings. The van der Waals surface area contributed by atoms with E-state index in [9.17, 15) is 14.0 Å². The van der Waals surface area contributed by atoms with Crippen LogP contribution in [0.2, 0.25) is 0 Å². The summed E-state index contributed by atoms with van der Waals surface area (Å²) in [5.41, 5.74) is 0.580. The Morgan fingerprint density at radius 1 is 1.24 bits per heavy atom. The van der Waals surface area contributed by atoms with Crippen molar-refractivity contribution in [2.75, 3.05) is 7.11 Å². The van der Waals surface area contributed by atoms with Gasteiger partial charge in [-0.15, -0.1) is 0 Å². The third-order valence-electron chi connectivity index (χ3n) is 3.59.